The molecule has 1 aromatic heterocycles. The Bertz CT molecular complexity index is 793. The van der Waals surface area contributed by atoms with E-state index in [2.05, 4.69) is 15.7 Å². The van der Waals surface area contributed by atoms with Crippen molar-refractivity contribution in [3.05, 3.63) is 53.9 Å². The minimum Gasteiger partial charge on any atom is -0.347 e. The number of nitrogens with one attached hydrogen (secondary N) is 2. The Hall–Kier alpha value is -2.38. The maximum absolute atomic E-state index is 13.0. The average Bonchev–Trinajstić information content (AvgIpc) is 3.30. The number of benzene rings is 1. The molecule has 3 atom stereocenters. The Morgan fingerprint density at radius 2 is 2.00 bits per heavy atom. The van der Waals surface area contributed by atoms with Gasteiger partial charge in [0.15, 0.2) is 0 Å². The fourth-order valence-electron chi connectivity index (χ4n) is 3.58. The van der Waals surface area contributed by atoms with Gasteiger partial charge in [0.05, 0.1) is 12.1 Å². The van der Waals surface area contributed by atoms with Crippen molar-refractivity contribution in [2.24, 2.45) is 13.0 Å². The SMILES string of the molecule is CN(C)C(=O)C(Cc1ccccc1)NC(=O)[C@H]1CNC[C@@H]1c1cnn(C)c1.Cl. The average molecular weight is 406 g/mol. The molecule has 0 aliphatic carbocycles. The molecule has 2 aromatic rings. The van der Waals surface area contributed by atoms with E-state index in [1.807, 2.05) is 49.8 Å². The second-order valence-electron chi connectivity index (χ2n) is 7.30. The van der Waals surface area contributed by atoms with Gasteiger partial charge in [-0.15, -0.1) is 12.4 Å². The first-order valence-corrected chi connectivity index (χ1v) is 9.20. The third kappa shape index (κ3) is 5.11. The van der Waals surface area contributed by atoms with E-state index in [1.54, 1.807) is 18.8 Å². The first kappa shape index (κ1) is 21.9. The first-order valence-electron chi connectivity index (χ1n) is 9.20. The largest absolute Gasteiger partial charge is 0.347 e. The van der Waals surface area contributed by atoms with E-state index in [0.717, 1.165) is 17.7 Å². The number of likely N-dealkylation sites (N-methyl/N-ethyl adjacent to an activating group) is 1. The van der Waals surface area contributed by atoms with E-state index in [1.165, 1.54) is 4.90 Å². The number of carbonyl (C=O) groups excluding carboxylic acids is 2. The lowest BCUT2D eigenvalue weighted by Crippen LogP contribution is -2.50. The third-order valence-corrected chi connectivity index (χ3v) is 5.04. The van der Waals surface area contributed by atoms with E-state index < -0.39 is 6.04 Å². The predicted octanol–water partition coefficient (Wildman–Crippen LogP) is 0.961. The second kappa shape index (κ2) is 9.71. The van der Waals surface area contributed by atoms with Gasteiger partial charge in [0, 0.05) is 52.8 Å². The summed E-state index contributed by atoms with van der Waals surface area (Å²) in [5.41, 5.74) is 2.06. The first-order chi connectivity index (χ1) is 13.0. The number of halogens is 1. The van der Waals surface area contributed by atoms with Gasteiger partial charge in [-0.1, -0.05) is 30.3 Å². The van der Waals surface area contributed by atoms with Crippen molar-refractivity contribution in [2.45, 2.75) is 18.4 Å². The summed E-state index contributed by atoms with van der Waals surface area (Å²) >= 11 is 0. The van der Waals surface area contributed by atoms with Crippen LogP contribution in [0.1, 0.15) is 17.0 Å². The molecule has 0 bridgehead atoms. The number of hydrogen-bond acceptors (Lipinski definition) is 4. The van der Waals surface area contributed by atoms with E-state index in [9.17, 15) is 9.59 Å². The summed E-state index contributed by atoms with van der Waals surface area (Å²) in [4.78, 5) is 27.2. The Morgan fingerprint density at radius 1 is 1.29 bits per heavy atom. The lowest BCUT2D eigenvalue weighted by atomic mass is 9.90. The zero-order valence-electron chi connectivity index (χ0n) is 16.5. The molecule has 1 fully saturated rings. The van der Waals surface area contributed by atoms with Gasteiger partial charge in [-0.2, -0.15) is 5.10 Å². The van der Waals surface area contributed by atoms with Gasteiger partial charge in [-0.25, -0.2) is 0 Å². The van der Waals surface area contributed by atoms with Crippen molar-refractivity contribution < 1.29 is 9.59 Å². The molecule has 0 spiro atoms. The maximum atomic E-state index is 13.0. The number of amides is 2. The summed E-state index contributed by atoms with van der Waals surface area (Å²) in [6, 6.07) is 9.18. The van der Waals surface area contributed by atoms with Gasteiger partial charge in [-0.05, 0) is 11.1 Å². The van der Waals surface area contributed by atoms with Crippen LogP contribution in [0.5, 0.6) is 0 Å². The van der Waals surface area contributed by atoms with Gasteiger partial charge < -0.3 is 15.5 Å². The van der Waals surface area contributed by atoms with E-state index in [-0.39, 0.29) is 36.1 Å². The summed E-state index contributed by atoms with van der Waals surface area (Å²) in [5, 5.41) is 10.5. The fraction of sp³-hybridized carbons (Fsp3) is 0.450. The molecular weight excluding hydrogens is 378 g/mol. The molecule has 1 aliphatic heterocycles. The Kier molecular flexibility index (Phi) is 7.60. The van der Waals surface area contributed by atoms with Gasteiger partial charge in [0.25, 0.3) is 0 Å². The van der Waals surface area contributed by atoms with Crippen molar-refractivity contribution >= 4 is 24.2 Å². The van der Waals surface area contributed by atoms with Crippen LogP contribution in [0, 0.1) is 5.92 Å². The fourth-order valence-corrected chi connectivity index (χ4v) is 3.58. The predicted molar refractivity (Wildman–Crippen MR) is 110 cm³/mol. The Morgan fingerprint density at radius 3 is 2.61 bits per heavy atom. The van der Waals surface area contributed by atoms with Gasteiger partial charge in [0.2, 0.25) is 11.8 Å². The number of nitrogens with zero attached hydrogens (tertiary/aromatic N) is 3. The highest BCUT2D eigenvalue weighted by Crippen LogP contribution is 2.28. The van der Waals surface area contributed by atoms with E-state index in [4.69, 9.17) is 0 Å². The monoisotopic (exact) mass is 405 g/mol. The molecule has 2 amide bonds. The minimum atomic E-state index is -0.579. The number of hydrogen-bond donors (Lipinski definition) is 2. The number of aromatic nitrogens is 2. The van der Waals surface area contributed by atoms with Crippen LogP contribution in [0.4, 0.5) is 0 Å². The van der Waals surface area contributed by atoms with Crippen LogP contribution in [-0.4, -0.2) is 59.7 Å². The molecule has 1 aliphatic rings. The van der Waals surface area contributed by atoms with Crippen molar-refractivity contribution in [3.63, 3.8) is 0 Å². The van der Waals surface area contributed by atoms with Crippen molar-refractivity contribution in [3.8, 4) is 0 Å². The summed E-state index contributed by atoms with van der Waals surface area (Å²) < 4.78 is 1.75. The Labute approximate surface area is 171 Å². The van der Waals surface area contributed by atoms with Crippen LogP contribution in [0.3, 0.4) is 0 Å². The lowest BCUT2D eigenvalue weighted by Gasteiger charge is -2.25. The quantitative estimate of drug-likeness (QED) is 0.750. The molecule has 28 heavy (non-hydrogen) atoms. The standard InChI is InChI=1S/C20H27N5O2.ClH/c1-24(2)20(27)18(9-14-7-5-4-6-8-14)23-19(26)17-12-21-11-16(17)15-10-22-25(3)13-15;/h4-8,10,13,16-18,21H,9,11-12H2,1-3H3,(H,23,26);1H/t16-,17+,18?;/m1./s1. The highest BCUT2D eigenvalue weighted by molar-refractivity contribution is 5.89. The molecular formula is C20H28ClN5O2. The number of aryl methyl sites for hydroxylation is 1. The van der Waals surface area contributed by atoms with Crippen LogP contribution in [0.2, 0.25) is 0 Å². The number of carbonyl (C=O) groups is 2. The molecule has 152 valence electrons. The summed E-state index contributed by atoms with van der Waals surface area (Å²) in [6.45, 7) is 1.33. The summed E-state index contributed by atoms with van der Waals surface area (Å²) in [6.07, 6.45) is 4.23. The molecule has 1 unspecified atom stereocenters. The van der Waals surface area contributed by atoms with Gasteiger partial charge in [0.1, 0.15) is 6.04 Å². The molecule has 2 heterocycles. The van der Waals surface area contributed by atoms with E-state index in [0.29, 0.717) is 13.0 Å². The van der Waals surface area contributed by atoms with Crippen LogP contribution in [-0.2, 0) is 23.1 Å². The molecule has 7 nitrogen and oxygen atoms in total. The molecule has 0 saturated carbocycles. The van der Waals surface area contributed by atoms with E-state index >= 15 is 0 Å². The molecule has 1 saturated heterocycles. The smallest absolute Gasteiger partial charge is 0.244 e. The molecule has 8 heteroatoms. The summed E-state index contributed by atoms with van der Waals surface area (Å²) in [7, 11) is 5.29. The number of rotatable bonds is 6. The minimum absolute atomic E-state index is 0. The van der Waals surface area contributed by atoms with Crippen LogP contribution >= 0.6 is 12.4 Å². The normalized spacial score (nSPS) is 19.5. The van der Waals surface area contributed by atoms with Crippen molar-refractivity contribution in [1.29, 1.82) is 0 Å². The molecule has 0 radical (unpaired) electrons. The van der Waals surface area contributed by atoms with Crippen LogP contribution in [0.25, 0.3) is 0 Å². The Balaban J connectivity index is 0.00000280. The van der Waals surface area contributed by atoms with Gasteiger partial charge in [-0.3, -0.25) is 14.3 Å². The lowest BCUT2D eigenvalue weighted by molar-refractivity contribution is -0.135. The van der Waals surface area contributed by atoms with Crippen LogP contribution in [0.15, 0.2) is 42.7 Å². The zero-order chi connectivity index (χ0) is 19.4. The molecule has 1 aromatic carbocycles. The third-order valence-electron chi connectivity index (χ3n) is 5.04. The maximum Gasteiger partial charge on any atom is 0.244 e. The van der Waals surface area contributed by atoms with Gasteiger partial charge >= 0.3 is 0 Å². The highest BCUT2D eigenvalue weighted by Gasteiger charge is 2.36. The molecule has 3 rings (SSSR count). The molecule has 2 N–H and O–H groups in total. The zero-order valence-corrected chi connectivity index (χ0v) is 17.3. The van der Waals surface area contributed by atoms with Crippen molar-refractivity contribution in [1.82, 2.24) is 25.3 Å². The second-order valence-corrected chi connectivity index (χ2v) is 7.30. The summed E-state index contributed by atoms with van der Waals surface area (Å²) in [5.74, 6) is -0.353. The van der Waals surface area contributed by atoms with Crippen molar-refractivity contribution in [2.75, 3.05) is 27.2 Å². The van der Waals surface area contributed by atoms with Crippen LogP contribution < -0.4 is 10.6 Å². The topological polar surface area (TPSA) is 79.3 Å². The highest BCUT2D eigenvalue weighted by atomic mass is 35.5.